The van der Waals surface area contributed by atoms with E-state index in [9.17, 15) is 9.90 Å². The molecule has 0 bridgehead atoms. The number of nitrogens with zero attached hydrogens (tertiary/aromatic N) is 1. The van der Waals surface area contributed by atoms with Gasteiger partial charge in [-0.05, 0) is 12.1 Å². The van der Waals surface area contributed by atoms with Crippen LogP contribution in [0, 0.1) is 0 Å². The van der Waals surface area contributed by atoms with Gasteiger partial charge in [0.15, 0.2) is 11.6 Å². The Morgan fingerprint density at radius 1 is 0.960 bits per heavy atom. The number of hydrogen-bond acceptors (Lipinski definition) is 4. The van der Waals surface area contributed by atoms with Crippen LogP contribution in [0.2, 0.25) is 0 Å². The molecule has 1 aromatic heterocycles. The van der Waals surface area contributed by atoms with E-state index in [0.717, 1.165) is 21.8 Å². The van der Waals surface area contributed by atoms with Crippen LogP contribution in [0.1, 0.15) is 18.9 Å². The van der Waals surface area contributed by atoms with Crippen LogP contribution >= 0.6 is 0 Å². The third-order valence-electron chi connectivity index (χ3n) is 5.42. The molecule has 5 rings (SSSR count). The molecule has 0 amide bonds. The van der Waals surface area contributed by atoms with E-state index in [1.807, 2.05) is 36.4 Å². The summed E-state index contributed by atoms with van der Waals surface area (Å²) in [6.45, 7) is 0.979. The lowest BCUT2D eigenvalue weighted by molar-refractivity contribution is -0.198. The van der Waals surface area contributed by atoms with Gasteiger partial charge in [-0.15, -0.1) is 0 Å². The number of carbonyl (C=O) groups is 1. The molecule has 128 valence electrons. The van der Waals surface area contributed by atoms with Crippen molar-refractivity contribution in [1.82, 2.24) is 4.57 Å². The highest BCUT2D eigenvalue weighted by atomic mass is 16.7. The highest BCUT2D eigenvalue weighted by molar-refractivity contribution is 6.08. The predicted molar refractivity (Wildman–Crippen MR) is 93.4 cm³/mol. The Morgan fingerprint density at radius 2 is 1.52 bits per heavy atom. The Morgan fingerprint density at radius 3 is 2.12 bits per heavy atom. The van der Waals surface area contributed by atoms with Crippen molar-refractivity contribution in [3.05, 3.63) is 48.5 Å². The highest BCUT2D eigenvalue weighted by Crippen LogP contribution is 2.43. The number of aliphatic hydroxyl groups is 1. The topological polar surface area (TPSA) is 60.7 Å². The number of carbonyl (C=O) groups excluding carboxylic acids is 1. The Hall–Kier alpha value is -2.21. The summed E-state index contributed by atoms with van der Waals surface area (Å²) in [6, 6.07) is 15.8. The number of hydrogen-bond donors (Lipinski definition) is 1. The van der Waals surface area contributed by atoms with Crippen molar-refractivity contribution in [3.63, 3.8) is 0 Å². The molecular weight excluding hydrogens is 318 g/mol. The lowest BCUT2D eigenvalue weighted by atomic mass is 9.86. The zero-order valence-electron chi connectivity index (χ0n) is 13.7. The lowest BCUT2D eigenvalue weighted by Crippen LogP contribution is -2.48. The minimum atomic E-state index is -1.06. The summed E-state index contributed by atoms with van der Waals surface area (Å²) < 4.78 is 13.7. The summed E-state index contributed by atoms with van der Waals surface area (Å²) >= 11 is 0. The molecule has 1 N–H and O–H groups in total. The summed E-state index contributed by atoms with van der Waals surface area (Å²) in [4.78, 5) is 12.5. The van der Waals surface area contributed by atoms with Gasteiger partial charge in [0, 0.05) is 28.2 Å². The number of ether oxygens (including phenoxy) is 2. The fourth-order valence-corrected chi connectivity index (χ4v) is 4.35. The second-order valence-corrected chi connectivity index (χ2v) is 6.87. The number of ketones is 1. The fourth-order valence-electron chi connectivity index (χ4n) is 4.35. The van der Waals surface area contributed by atoms with E-state index in [1.165, 1.54) is 0 Å². The maximum absolute atomic E-state index is 12.5. The molecule has 2 fully saturated rings. The van der Waals surface area contributed by atoms with Gasteiger partial charge >= 0.3 is 0 Å². The van der Waals surface area contributed by atoms with Gasteiger partial charge in [0.25, 0.3) is 0 Å². The first-order chi connectivity index (χ1) is 12.2. The first-order valence-corrected chi connectivity index (χ1v) is 8.65. The molecule has 3 aromatic rings. The van der Waals surface area contributed by atoms with E-state index in [2.05, 4.69) is 16.7 Å². The summed E-state index contributed by atoms with van der Waals surface area (Å²) in [5, 5.41) is 12.9. The van der Waals surface area contributed by atoms with Gasteiger partial charge in [-0.25, -0.2) is 0 Å². The summed E-state index contributed by atoms with van der Waals surface area (Å²) in [6.07, 6.45) is -0.484. The number of rotatable bonds is 1. The normalized spacial score (nSPS) is 26.0. The van der Waals surface area contributed by atoms with Crippen LogP contribution in [-0.4, -0.2) is 40.6 Å². The van der Waals surface area contributed by atoms with Gasteiger partial charge in [0.05, 0.1) is 25.7 Å². The molecule has 1 aliphatic heterocycles. The van der Waals surface area contributed by atoms with Gasteiger partial charge in [-0.2, -0.15) is 0 Å². The molecule has 2 atom stereocenters. The van der Waals surface area contributed by atoms with Crippen LogP contribution in [0.25, 0.3) is 21.8 Å². The van der Waals surface area contributed by atoms with Gasteiger partial charge in [-0.1, -0.05) is 36.4 Å². The molecule has 2 aliphatic rings. The molecule has 1 saturated carbocycles. The van der Waals surface area contributed by atoms with Crippen LogP contribution in [0.15, 0.2) is 48.5 Å². The fraction of sp³-hybridized carbons (Fsp3) is 0.350. The molecule has 1 aliphatic carbocycles. The monoisotopic (exact) mass is 337 g/mol. The second kappa shape index (κ2) is 5.39. The molecular formula is C20H19NO4. The Balaban J connectivity index is 1.74. The molecule has 1 spiro atoms. The number of fused-ring (bicyclic) bond motifs is 3. The first-order valence-electron chi connectivity index (χ1n) is 8.65. The number of para-hydroxylation sites is 2. The van der Waals surface area contributed by atoms with E-state index >= 15 is 0 Å². The SMILES string of the molecule is O=C1CC2(C[C@H](n3c4ccccc4c4ccccc43)C1O)OCCO2. The predicted octanol–water partition coefficient (Wildman–Crippen LogP) is 2.80. The van der Waals surface area contributed by atoms with Crippen LogP contribution in [0.4, 0.5) is 0 Å². The van der Waals surface area contributed by atoms with Crippen LogP contribution in [0.5, 0.6) is 0 Å². The quantitative estimate of drug-likeness (QED) is 0.742. The van der Waals surface area contributed by atoms with Gasteiger partial charge < -0.3 is 19.1 Å². The molecule has 2 heterocycles. The maximum Gasteiger partial charge on any atom is 0.177 e. The smallest absolute Gasteiger partial charge is 0.177 e. The Kier molecular flexibility index (Phi) is 3.25. The standard InChI is InChI=1S/C20H19NO4/c22-18-12-20(24-9-10-25-20)11-17(19(18)23)21-15-7-3-1-5-13(15)14-6-2-4-8-16(14)21/h1-8,17,19,23H,9-12H2/t17-,19?/m0/s1. The van der Waals surface area contributed by atoms with Gasteiger partial charge in [0.2, 0.25) is 0 Å². The van der Waals surface area contributed by atoms with Crippen molar-refractivity contribution in [2.45, 2.75) is 30.8 Å². The van der Waals surface area contributed by atoms with E-state index < -0.39 is 17.9 Å². The minimum absolute atomic E-state index is 0.113. The molecule has 1 saturated heterocycles. The Bertz CT molecular complexity index is 917. The molecule has 5 nitrogen and oxygen atoms in total. The van der Waals surface area contributed by atoms with E-state index in [4.69, 9.17) is 9.47 Å². The zero-order chi connectivity index (χ0) is 17.0. The van der Waals surface area contributed by atoms with E-state index in [1.54, 1.807) is 0 Å². The Labute approximate surface area is 144 Å². The molecule has 25 heavy (non-hydrogen) atoms. The number of benzene rings is 2. The molecule has 1 unspecified atom stereocenters. The third-order valence-corrected chi connectivity index (χ3v) is 5.42. The third kappa shape index (κ3) is 2.16. The van der Waals surface area contributed by atoms with Crippen molar-refractivity contribution >= 4 is 27.6 Å². The van der Waals surface area contributed by atoms with Crippen LogP contribution in [0.3, 0.4) is 0 Å². The second-order valence-electron chi connectivity index (χ2n) is 6.87. The van der Waals surface area contributed by atoms with Gasteiger partial charge in [0.1, 0.15) is 6.10 Å². The largest absolute Gasteiger partial charge is 0.383 e. The minimum Gasteiger partial charge on any atom is -0.383 e. The molecule has 2 aromatic carbocycles. The van der Waals surface area contributed by atoms with E-state index in [-0.39, 0.29) is 12.2 Å². The van der Waals surface area contributed by atoms with Crippen molar-refractivity contribution < 1.29 is 19.4 Å². The average molecular weight is 337 g/mol. The van der Waals surface area contributed by atoms with Crippen molar-refractivity contribution in [2.75, 3.05) is 13.2 Å². The number of Topliss-reactive ketones (excluding diaryl/α,β-unsaturated/α-hetero) is 1. The van der Waals surface area contributed by atoms with Gasteiger partial charge in [-0.3, -0.25) is 4.79 Å². The van der Waals surface area contributed by atoms with Crippen molar-refractivity contribution in [3.8, 4) is 0 Å². The maximum atomic E-state index is 12.5. The highest BCUT2D eigenvalue weighted by Gasteiger charge is 2.50. The molecule has 0 radical (unpaired) electrons. The number of aliphatic hydroxyl groups excluding tert-OH is 1. The van der Waals surface area contributed by atoms with Crippen LogP contribution in [-0.2, 0) is 14.3 Å². The number of aromatic nitrogens is 1. The summed E-state index contributed by atoms with van der Waals surface area (Å²) in [5.41, 5.74) is 2.02. The lowest BCUT2D eigenvalue weighted by Gasteiger charge is -2.39. The molecule has 5 heteroatoms. The zero-order valence-corrected chi connectivity index (χ0v) is 13.7. The average Bonchev–Trinajstić information content (AvgIpc) is 3.21. The van der Waals surface area contributed by atoms with Crippen molar-refractivity contribution in [1.29, 1.82) is 0 Å². The van der Waals surface area contributed by atoms with Crippen LogP contribution < -0.4 is 0 Å². The summed E-state index contributed by atoms with van der Waals surface area (Å²) in [5.74, 6) is -1.12. The van der Waals surface area contributed by atoms with E-state index in [0.29, 0.717) is 19.6 Å². The van der Waals surface area contributed by atoms with Crippen molar-refractivity contribution in [2.24, 2.45) is 0 Å². The summed E-state index contributed by atoms with van der Waals surface area (Å²) in [7, 11) is 0. The first kappa shape index (κ1) is 15.1.